The molecule has 1 saturated carbocycles. The number of rotatable bonds is 2. The Bertz CT molecular complexity index is 405. The summed E-state index contributed by atoms with van der Waals surface area (Å²) in [5.41, 5.74) is 0.316. The summed E-state index contributed by atoms with van der Waals surface area (Å²) in [6.07, 6.45) is 2.85. The van der Waals surface area contributed by atoms with Crippen LogP contribution in [-0.4, -0.2) is 11.0 Å². The van der Waals surface area contributed by atoms with E-state index in [-0.39, 0.29) is 5.25 Å². The van der Waals surface area contributed by atoms with E-state index in [0.717, 1.165) is 19.3 Å². The third kappa shape index (κ3) is 3.38. The molecule has 1 aromatic rings. The van der Waals surface area contributed by atoms with Crippen molar-refractivity contribution < 1.29 is 4.79 Å². The number of carbonyl (C=O) groups is 1. The van der Waals surface area contributed by atoms with Crippen LogP contribution in [0.4, 0.5) is 0 Å². The summed E-state index contributed by atoms with van der Waals surface area (Å²) in [6.45, 7) is 6.87. The average Bonchev–Trinajstić information content (AvgIpc) is 2.32. The molecule has 2 heteroatoms. The first-order valence-corrected chi connectivity index (χ1v) is 7.59. The summed E-state index contributed by atoms with van der Waals surface area (Å²) < 4.78 is 0. The maximum absolute atomic E-state index is 12.1. The minimum Gasteiger partial charge on any atom is -0.298 e. The van der Waals surface area contributed by atoms with Gasteiger partial charge in [-0.3, -0.25) is 4.79 Å². The lowest BCUT2D eigenvalue weighted by molar-refractivity contribution is -0.121. The number of benzene rings is 1. The lowest BCUT2D eigenvalue weighted by atomic mass is 9.72. The average molecular weight is 262 g/mol. The summed E-state index contributed by atoms with van der Waals surface area (Å²) >= 11 is 1.74. The van der Waals surface area contributed by atoms with Gasteiger partial charge < -0.3 is 0 Å². The molecule has 1 aliphatic rings. The zero-order valence-corrected chi connectivity index (χ0v) is 12.3. The highest BCUT2D eigenvalue weighted by Crippen LogP contribution is 2.41. The highest BCUT2D eigenvalue weighted by Gasteiger charge is 2.35. The molecule has 1 fully saturated rings. The van der Waals surface area contributed by atoms with Crippen LogP contribution in [0.15, 0.2) is 35.2 Å². The molecule has 0 unspecified atom stereocenters. The number of hydrogen-bond acceptors (Lipinski definition) is 2. The van der Waals surface area contributed by atoms with Crippen molar-refractivity contribution in [3.8, 4) is 0 Å². The monoisotopic (exact) mass is 262 g/mol. The van der Waals surface area contributed by atoms with E-state index >= 15 is 0 Å². The maximum Gasteiger partial charge on any atom is 0.146 e. The highest BCUT2D eigenvalue weighted by atomic mass is 32.2. The topological polar surface area (TPSA) is 17.1 Å². The van der Waals surface area contributed by atoms with Crippen LogP contribution >= 0.6 is 11.8 Å². The SMILES string of the molecule is CC(C)(C)[C@H]1CCC(=O)[C@H](Sc2ccccc2)C1. The largest absolute Gasteiger partial charge is 0.298 e. The third-order valence-electron chi connectivity index (χ3n) is 3.84. The van der Waals surface area contributed by atoms with Crippen molar-refractivity contribution in [2.24, 2.45) is 11.3 Å². The maximum atomic E-state index is 12.1. The van der Waals surface area contributed by atoms with Gasteiger partial charge in [-0.2, -0.15) is 0 Å². The van der Waals surface area contributed by atoms with Crippen LogP contribution in [-0.2, 0) is 4.79 Å². The summed E-state index contributed by atoms with van der Waals surface area (Å²) in [7, 11) is 0. The van der Waals surface area contributed by atoms with E-state index in [9.17, 15) is 4.79 Å². The van der Waals surface area contributed by atoms with Crippen molar-refractivity contribution in [3.63, 3.8) is 0 Å². The lowest BCUT2D eigenvalue weighted by Gasteiger charge is -2.36. The first-order valence-electron chi connectivity index (χ1n) is 6.71. The predicted molar refractivity (Wildman–Crippen MR) is 77.9 cm³/mol. The van der Waals surface area contributed by atoms with Crippen molar-refractivity contribution in [2.75, 3.05) is 0 Å². The second kappa shape index (κ2) is 5.48. The van der Waals surface area contributed by atoms with Gasteiger partial charge in [-0.25, -0.2) is 0 Å². The van der Waals surface area contributed by atoms with Crippen LogP contribution in [0.5, 0.6) is 0 Å². The van der Waals surface area contributed by atoms with Crippen LogP contribution in [0.2, 0.25) is 0 Å². The zero-order valence-electron chi connectivity index (χ0n) is 11.5. The van der Waals surface area contributed by atoms with Gasteiger partial charge in [-0.05, 0) is 36.3 Å². The van der Waals surface area contributed by atoms with Crippen LogP contribution < -0.4 is 0 Å². The van der Waals surface area contributed by atoms with Gasteiger partial charge in [-0.15, -0.1) is 11.8 Å². The summed E-state index contributed by atoms with van der Waals surface area (Å²) in [5, 5.41) is 0.158. The van der Waals surface area contributed by atoms with E-state index in [2.05, 4.69) is 32.9 Å². The second-order valence-electron chi connectivity index (χ2n) is 6.22. The van der Waals surface area contributed by atoms with Crippen molar-refractivity contribution in [3.05, 3.63) is 30.3 Å². The van der Waals surface area contributed by atoms with Crippen LogP contribution in [0.3, 0.4) is 0 Å². The Hall–Kier alpha value is -0.760. The second-order valence-corrected chi connectivity index (χ2v) is 7.50. The molecular formula is C16H22OS. The summed E-state index contributed by atoms with van der Waals surface area (Å²) in [5.74, 6) is 1.10. The fourth-order valence-electron chi connectivity index (χ4n) is 2.55. The molecule has 0 heterocycles. The van der Waals surface area contributed by atoms with E-state index in [0.29, 0.717) is 17.1 Å². The Morgan fingerprint density at radius 3 is 2.44 bits per heavy atom. The van der Waals surface area contributed by atoms with Crippen molar-refractivity contribution in [1.29, 1.82) is 0 Å². The first kappa shape index (κ1) is 13.7. The van der Waals surface area contributed by atoms with E-state index < -0.39 is 0 Å². The van der Waals surface area contributed by atoms with E-state index in [4.69, 9.17) is 0 Å². The Morgan fingerprint density at radius 1 is 1.17 bits per heavy atom. The van der Waals surface area contributed by atoms with E-state index in [1.54, 1.807) is 11.8 Å². The van der Waals surface area contributed by atoms with Gasteiger partial charge in [0.25, 0.3) is 0 Å². The Morgan fingerprint density at radius 2 is 1.83 bits per heavy atom. The highest BCUT2D eigenvalue weighted by molar-refractivity contribution is 8.00. The van der Waals surface area contributed by atoms with Crippen molar-refractivity contribution in [1.82, 2.24) is 0 Å². The fraction of sp³-hybridized carbons (Fsp3) is 0.562. The number of Topliss-reactive ketones (excluding diaryl/α,β-unsaturated/α-hetero) is 1. The lowest BCUT2D eigenvalue weighted by Crippen LogP contribution is -2.33. The zero-order chi connectivity index (χ0) is 13.2. The minimum absolute atomic E-state index is 0.158. The predicted octanol–water partition coefficient (Wildman–Crippen LogP) is 4.56. The standard InChI is InChI=1S/C16H22OS/c1-16(2,3)12-9-10-14(17)15(11-12)18-13-7-5-4-6-8-13/h4-8,12,15H,9-11H2,1-3H3/t12-,15+/m0/s1. The van der Waals surface area contributed by atoms with Crippen molar-refractivity contribution in [2.45, 2.75) is 50.2 Å². The van der Waals surface area contributed by atoms with E-state index in [1.165, 1.54) is 4.90 Å². The molecule has 0 amide bonds. The summed E-state index contributed by atoms with van der Waals surface area (Å²) in [6, 6.07) is 10.3. The molecule has 2 atom stereocenters. The quantitative estimate of drug-likeness (QED) is 0.777. The fourth-order valence-corrected chi connectivity index (χ4v) is 3.77. The van der Waals surface area contributed by atoms with Gasteiger partial charge in [0.1, 0.15) is 5.78 Å². The number of ketones is 1. The number of thioether (sulfide) groups is 1. The Balaban J connectivity index is 2.05. The molecule has 1 aliphatic carbocycles. The number of hydrogen-bond donors (Lipinski definition) is 0. The van der Waals surface area contributed by atoms with Gasteiger partial charge in [0.05, 0.1) is 5.25 Å². The van der Waals surface area contributed by atoms with Crippen LogP contribution in [0, 0.1) is 11.3 Å². The van der Waals surface area contributed by atoms with Gasteiger partial charge in [0, 0.05) is 11.3 Å². The van der Waals surface area contributed by atoms with Gasteiger partial charge in [0.2, 0.25) is 0 Å². The molecular weight excluding hydrogens is 240 g/mol. The molecule has 98 valence electrons. The molecule has 1 aromatic carbocycles. The molecule has 0 radical (unpaired) electrons. The first-order chi connectivity index (χ1) is 8.47. The normalized spacial score (nSPS) is 25.2. The van der Waals surface area contributed by atoms with E-state index in [1.807, 2.05) is 18.2 Å². The van der Waals surface area contributed by atoms with Gasteiger partial charge >= 0.3 is 0 Å². The van der Waals surface area contributed by atoms with Crippen molar-refractivity contribution >= 4 is 17.5 Å². The Labute approximate surface area is 114 Å². The molecule has 0 N–H and O–H groups in total. The number of carbonyl (C=O) groups excluding carboxylic acids is 1. The molecule has 0 aliphatic heterocycles. The molecule has 2 rings (SSSR count). The molecule has 18 heavy (non-hydrogen) atoms. The molecule has 1 nitrogen and oxygen atoms in total. The molecule has 0 aromatic heterocycles. The summed E-state index contributed by atoms with van der Waals surface area (Å²) in [4.78, 5) is 13.3. The van der Waals surface area contributed by atoms with Crippen LogP contribution in [0.1, 0.15) is 40.0 Å². The third-order valence-corrected chi connectivity index (χ3v) is 5.13. The smallest absolute Gasteiger partial charge is 0.146 e. The van der Waals surface area contributed by atoms with Gasteiger partial charge in [-0.1, -0.05) is 39.0 Å². The Kier molecular flexibility index (Phi) is 4.16. The molecule has 0 spiro atoms. The minimum atomic E-state index is 0.158. The molecule has 0 saturated heterocycles. The molecule has 0 bridgehead atoms. The van der Waals surface area contributed by atoms with Crippen LogP contribution in [0.25, 0.3) is 0 Å². The van der Waals surface area contributed by atoms with Gasteiger partial charge in [0.15, 0.2) is 0 Å².